The first kappa shape index (κ1) is 12.3. The summed E-state index contributed by atoms with van der Waals surface area (Å²) in [7, 11) is 0. The maximum Gasteiger partial charge on any atom is 0.127 e. The van der Waals surface area contributed by atoms with Crippen LogP contribution in [0.1, 0.15) is 5.56 Å². The summed E-state index contributed by atoms with van der Waals surface area (Å²) in [4.78, 5) is 0. The minimum atomic E-state index is 0.651. The van der Waals surface area contributed by atoms with Crippen LogP contribution in [0.2, 0.25) is 5.02 Å². The van der Waals surface area contributed by atoms with E-state index in [1.165, 1.54) is 0 Å². The molecule has 4 heteroatoms. The Balaban J connectivity index is 2.34. The molecule has 0 aliphatic rings. The van der Waals surface area contributed by atoms with Gasteiger partial charge in [-0.1, -0.05) is 60.2 Å². The van der Waals surface area contributed by atoms with Gasteiger partial charge in [-0.25, -0.2) is 0 Å². The lowest BCUT2D eigenvalue weighted by Gasteiger charge is -2.07. The summed E-state index contributed by atoms with van der Waals surface area (Å²) in [6, 6.07) is 13.9. The van der Waals surface area contributed by atoms with Crippen LogP contribution in [0.15, 0.2) is 42.5 Å². The number of nitrogens with one attached hydrogen (secondary N) is 1. The Bertz CT molecular complexity index is 824. The van der Waals surface area contributed by atoms with Gasteiger partial charge in [0.2, 0.25) is 0 Å². The van der Waals surface area contributed by atoms with Crippen LogP contribution in [0, 0.1) is 11.6 Å². The van der Waals surface area contributed by atoms with Crippen LogP contribution < -0.4 is 0 Å². The second kappa shape index (κ2) is 4.76. The number of H-pyrrole nitrogens is 1. The van der Waals surface area contributed by atoms with Gasteiger partial charge in [-0.05, 0) is 18.6 Å². The fourth-order valence-electron chi connectivity index (χ4n) is 2.07. The van der Waals surface area contributed by atoms with Crippen molar-refractivity contribution in [3.63, 3.8) is 0 Å². The average molecular weight is 287 g/mol. The van der Waals surface area contributed by atoms with Gasteiger partial charge >= 0.3 is 0 Å². The summed E-state index contributed by atoms with van der Waals surface area (Å²) < 4.78 is 0.651. The first-order valence-corrected chi connectivity index (χ1v) is 6.69. The van der Waals surface area contributed by atoms with Crippen molar-refractivity contribution in [3.05, 3.63) is 57.7 Å². The zero-order chi connectivity index (χ0) is 13.4. The molecule has 0 bridgehead atoms. The average Bonchev–Trinajstić information content (AvgIpc) is 2.43. The molecule has 0 spiro atoms. The molecule has 0 aliphatic carbocycles. The monoisotopic (exact) mass is 286 g/mol. The predicted molar refractivity (Wildman–Crippen MR) is 82.1 cm³/mol. The molecule has 3 rings (SSSR count). The number of hydrogen-bond donors (Lipinski definition) is 1. The minimum Gasteiger partial charge on any atom is -0.267 e. The molecule has 3 aromatic rings. The molecule has 0 aliphatic heterocycles. The molecular weight excluding hydrogens is 276 g/mol. The molecule has 0 atom stereocenters. The van der Waals surface area contributed by atoms with Crippen LogP contribution in [0.4, 0.5) is 0 Å². The summed E-state index contributed by atoms with van der Waals surface area (Å²) in [6.45, 7) is 1.98. The van der Waals surface area contributed by atoms with Gasteiger partial charge in [0.1, 0.15) is 4.64 Å². The van der Waals surface area contributed by atoms with Gasteiger partial charge < -0.3 is 0 Å². The van der Waals surface area contributed by atoms with Gasteiger partial charge in [0, 0.05) is 21.4 Å². The van der Waals surface area contributed by atoms with E-state index in [0.29, 0.717) is 4.64 Å². The molecule has 0 unspecified atom stereocenters. The Morgan fingerprint density at radius 2 is 1.84 bits per heavy atom. The normalized spacial score (nSPS) is 10.8. The number of aromatic nitrogens is 2. The predicted octanol–water partition coefficient (Wildman–Crippen LogP) is 4.92. The zero-order valence-corrected chi connectivity index (χ0v) is 11.8. The molecule has 2 aromatic carbocycles. The fraction of sp³-hybridized carbons (Fsp3) is 0.0667. The Labute approximate surface area is 121 Å². The smallest absolute Gasteiger partial charge is 0.127 e. The van der Waals surface area contributed by atoms with Crippen LogP contribution in [0.5, 0.6) is 0 Å². The third kappa shape index (κ3) is 2.15. The summed E-state index contributed by atoms with van der Waals surface area (Å²) in [5.41, 5.74) is 2.91. The summed E-state index contributed by atoms with van der Waals surface area (Å²) in [5, 5.41) is 10.0. The Morgan fingerprint density at radius 1 is 1.11 bits per heavy atom. The van der Waals surface area contributed by atoms with Gasteiger partial charge in [0.15, 0.2) is 0 Å². The number of rotatable bonds is 1. The van der Waals surface area contributed by atoms with E-state index in [0.717, 1.165) is 32.6 Å². The van der Waals surface area contributed by atoms with Crippen molar-refractivity contribution < 1.29 is 0 Å². The van der Waals surface area contributed by atoms with E-state index >= 15 is 0 Å². The number of fused-ring (bicyclic) bond motifs is 1. The van der Waals surface area contributed by atoms with Gasteiger partial charge in [-0.3, -0.25) is 5.10 Å². The molecule has 0 amide bonds. The van der Waals surface area contributed by atoms with Crippen LogP contribution >= 0.6 is 23.8 Å². The molecule has 1 heterocycles. The van der Waals surface area contributed by atoms with Crippen molar-refractivity contribution in [2.24, 2.45) is 0 Å². The third-order valence-electron chi connectivity index (χ3n) is 3.14. The number of aryl methyl sites for hydroxylation is 1. The molecule has 94 valence electrons. The quantitative estimate of drug-likeness (QED) is 0.643. The van der Waals surface area contributed by atoms with Crippen LogP contribution in [-0.4, -0.2) is 10.2 Å². The van der Waals surface area contributed by atoms with Crippen molar-refractivity contribution in [2.45, 2.75) is 6.92 Å². The van der Waals surface area contributed by atoms with Gasteiger partial charge in [0.05, 0.1) is 5.69 Å². The van der Waals surface area contributed by atoms with E-state index in [2.05, 4.69) is 10.2 Å². The topological polar surface area (TPSA) is 28.7 Å². The highest BCUT2D eigenvalue weighted by molar-refractivity contribution is 7.71. The minimum absolute atomic E-state index is 0.651. The zero-order valence-electron chi connectivity index (χ0n) is 10.3. The number of hydrogen-bond acceptors (Lipinski definition) is 2. The molecule has 1 aromatic heterocycles. The fourth-order valence-corrected chi connectivity index (χ4v) is 2.48. The Morgan fingerprint density at radius 3 is 2.58 bits per heavy atom. The maximum atomic E-state index is 6.19. The van der Waals surface area contributed by atoms with Gasteiger partial charge in [0.25, 0.3) is 0 Å². The van der Waals surface area contributed by atoms with Crippen molar-refractivity contribution in [2.75, 3.05) is 0 Å². The highest BCUT2D eigenvalue weighted by Gasteiger charge is 2.08. The van der Waals surface area contributed by atoms with Crippen LogP contribution in [0.3, 0.4) is 0 Å². The molecule has 0 radical (unpaired) electrons. The number of halogens is 1. The molecular formula is C15H11ClN2S. The van der Waals surface area contributed by atoms with Crippen molar-refractivity contribution >= 4 is 34.6 Å². The lowest BCUT2D eigenvalue weighted by atomic mass is 10.0. The van der Waals surface area contributed by atoms with Crippen molar-refractivity contribution in [3.8, 4) is 11.3 Å². The van der Waals surface area contributed by atoms with Crippen molar-refractivity contribution in [1.29, 1.82) is 0 Å². The third-order valence-corrected chi connectivity index (χ3v) is 3.86. The Hall–Kier alpha value is -1.71. The van der Waals surface area contributed by atoms with Crippen LogP contribution in [-0.2, 0) is 0 Å². The lowest BCUT2D eigenvalue weighted by molar-refractivity contribution is 1.04. The Kier molecular flexibility index (Phi) is 3.09. The summed E-state index contributed by atoms with van der Waals surface area (Å²) in [6.07, 6.45) is 0. The van der Waals surface area contributed by atoms with E-state index in [9.17, 15) is 0 Å². The van der Waals surface area contributed by atoms with E-state index in [1.807, 2.05) is 49.4 Å². The molecule has 0 fully saturated rings. The lowest BCUT2D eigenvalue weighted by Crippen LogP contribution is -1.91. The standard InChI is InChI=1S/C15H11ClN2S/c1-9-6-7-10(8-13(9)16)14-11-4-2-3-5-12(11)15(19)18-17-14/h2-8H,1H3,(H,18,19). The molecule has 0 saturated heterocycles. The summed E-state index contributed by atoms with van der Waals surface area (Å²) in [5.74, 6) is 0. The van der Waals surface area contributed by atoms with E-state index in [4.69, 9.17) is 23.8 Å². The van der Waals surface area contributed by atoms with E-state index in [1.54, 1.807) is 0 Å². The molecule has 1 N–H and O–H groups in total. The highest BCUT2D eigenvalue weighted by atomic mass is 35.5. The first-order chi connectivity index (χ1) is 9.16. The second-order valence-electron chi connectivity index (χ2n) is 4.41. The van der Waals surface area contributed by atoms with E-state index in [-0.39, 0.29) is 0 Å². The largest absolute Gasteiger partial charge is 0.267 e. The molecule has 2 nitrogen and oxygen atoms in total. The number of aromatic amines is 1. The van der Waals surface area contributed by atoms with Crippen LogP contribution in [0.25, 0.3) is 22.0 Å². The van der Waals surface area contributed by atoms with Crippen molar-refractivity contribution in [1.82, 2.24) is 10.2 Å². The van der Waals surface area contributed by atoms with Gasteiger partial charge in [-0.15, -0.1) is 0 Å². The number of nitrogens with zero attached hydrogens (tertiary/aromatic N) is 1. The molecule has 19 heavy (non-hydrogen) atoms. The highest BCUT2D eigenvalue weighted by Crippen LogP contribution is 2.29. The number of benzene rings is 2. The SMILES string of the molecule is Cc1ccc(-c2n[nH]c(=S)c3ccccc23)cc1Cl. The molecule has 0 saturated carbocycles. The summed E-state index contributed by atoms with van der Waals surface area (Å²) >= 11 is 11.5. The van der Waals surface area contributed by atoms with E-state index < -0.39 is 0 Å². The maximum absolute atomic E-state index is 6.19. The van der Waals surface area contributed by atoms with Gasteiger partial charge in [-0.2, -0.15) is 5.10 Å². The first-order valence-electron chi connectivity index (χ1n) is 5.91. The second-order valence-corrected chi connectivity index (χ2v) is 5.23.